The minimum atomic E-state index is -1.39. The van der Waals surface area contributed by atoms with E-state index < -0.39 is 22.1 Å². The van der Waals surface area contributed by atoms with Crippen molar-refractivity contribution in [3.05, 3.63) is 27.9 Å². The van der Waals surface area contributed by atoms with Gasteiger partial charge in [0.15, 0.2) is 0 Å². The van der Waals surface area contributed by atoms with E-state index in [1.807, 2.05) is 0 Å². The van der Waals surface area contributed by atoms with Crippen LogP contribution >= 0.6 is 0 Å². The number of methoxy groups -OCH3 is 2. The lowest BCUT2D eigenvalue weighted by molar-refractivity contribution is -0.385. The number of hydrogen-bond acceptors (Lipinski definition) is 7. The van der Waals surface area contributed by atoms with Gasteiger partial charge in [0, 0.05) is 26.8 Å². The van der Waals surface area contributed by atoms with Gasteiger partial charge in [-0.2, -0.15) is 0 Å². The lowest BCUT2D eigenvalue weighted by Crippen LogP contribution is -2.27. The van der Waals surface area contributed by atoms with Crippen molar-refractivity contribution in [2.24, 2.45) is 0 Å². The Bertz CT molecular complexity index is 493. The van der Waals surface area contributed by atoms with E-state index in [1.165, 1.54) is 14.2 Å². The molecule has 1 rings (SSSR count). The number of aromatic nitrogens is 1. The van der Waals surface area contributed by atoms with Crippen molar-refractivity contribution in [2.75, 3.05) is 32.7 Å². The molecule has 1 aromatic heterocycles. The summed E-state index contributed by atoms with van der Waals surface area (Å²) in [7, 11) is 3.04. The molecular formula is C11H15N3O6. The van der Waals surface area contributed by atoms with E-state index in [0.29, 0.717) is 13.2 Å². The van der Waals surface area contributed by atoms with Crippen LogP contribution in [-0.4, -0.2) is 54.5 Å². The predicted molar refractivity (Wildman–Crippen MR) is 69.0 cm³/mol. The highest BCUT2D eigenvalue weighted by Gasteiger charge is 2.21. The first-order valence-electron chi connectivity index (χ1n) is 5.63. The number of hydrogen-bond donors (Lipinski definition) is 2. The standard InChI is InChI=1S/C11H15N3O6/c1-19-6-7(20-2)4-12-10-3-8(11(15)16)9(5-13-10)14(17)18/h3,5,7H,4,6H2,1-2H3,(H,12,13)(H,15,16). The van der Waals surface area contributed by atoms with Gasteiger partial charge in [0.1, 0.15) is 17.6 Å². The van der Waals surface area contributed by atoms with Gasteiger partial charge in [-0.1, -0.05) is 0 Å². The molecule has 0 aromatic carbocycles. The fourth-order valence-corrected chi connectivity index (χ4v) is 1.48. The van der Waals surface area contributed by atoms with Gasteiger partial charge in [-0.15, -0.1) is 0 Å². The summed E-state index contributed by atoms with van der Waals surface area (Å²) in [5, 5.41) is 22.5. The molecule has 0 aliphatic rings. The second-order valence-corrected chi connectivity index (χ2v) is 3.84. The number of rotatable bonds is 8. The Balaban J connectivity index is 2.84. The number of nitrogens with one attached hydrogen (secondary N) is 1. The summed E-state index contributed by atoms with van der Waals surface area (Å²) in [5.74, 6) is -1.17. The van der Waals surface area contributed by atoms with E-state index >= 15 is 0 Å². The number of aromatic carboxylic acids is 1. The highest BCUT2D eigenvalue weighted by atomic mass is 16.6. The normalized spacial score (nSPS) is 11.9. The maximum atomic E-state index is 11.0. The topological polar surface area (TPSA) is 124 Å². The summed E-state index contributed by atoms with van der Waals surface area (Å²) in [6.07, 6.45) is 0.662. The second kappa shape index (κ2) is 7.36. The molecule has 1 unspecified atom stereocenters. The zero-order valence-electron chi connectivity index (χ0n) is 11.0. The monoisotopic (exact) mass is 285 g/mol. The molecule has 0 fully saturated rings. The molecule has 0 spiro atoms. The summed E-state index contributed by atoms with van der Waals surface area (Å²) in [6.45, 7) is 0.677. The van der Waals surface area contributed by atoms with E-state index in [-0.39, 0.29) is 11.9 Å². The average molecular weight is 285 g/mol. The molecule has 9 heteroatoms. The number of nitrogens with zero attached hydrogens (tertiary/aromatic N) is 2. The van der Waals surface area contributed by atoms with Crippen LogP contribution in [0.3, 0.4) is 0 Å². The second-order valence-electron chi connectivity index (χ2n) is 3.84. The van der Waals surface area contributed by atoms with Crippen molar-refractivity contribution >= 4 is 17.5 Å². The molecule has 20 heavy (non-hydrogen) atoms. The van der Waals surface area contributed by atoms with Gasteiger partial charge in [-0.25, -0.2) is 9.78 Å². The highest BCUT2D eigenvalue weighted by molar-refractivity contribution is 5.93. The van der Waals surface area contributed by atoms with Crippen LogP contribution in [0.2, 0.25) is 0 Å². The molecule has 0 amide bonds. The molecule has 0 saturated heterocycles. The molecule has 1 heterocycles. The Hall–Kier alpha value is -2.26. The summed E-state index contributed by atoms with van der Waals surface area (Å²) in [6, 6.07) is 1.11. The summed E-state index contributed by atoms with van der Waals surface area (Å²) < 4.78 is 10.0. The third-order valence-corrected chi connectivity index (χ3v) is 2.51. The van der Waals surface area contributed by atoms with Crippen molar-refractivity contribution in [1.29, 1.82) is 0 Å². The molecule has 2 N–H and O–H groups in total. The lowest BCUT2D eigenvalue weighted by Gasteiger charge is -2.15. The van der Waals surface area contributed by atoms with E-state index in [0.717, 1.165) is 12.3 Å². The van der Waals surface area contributed by atoms with Crippen LogP contribution in [0.4, 0.5) is 11.5 Å². The van der Waals surface area contributed by atoms with Gasteiger partial charge >= 0.3 is 11.7 Å². The lowest BCUT2D eigenvalue weighted by atomic mass is 10.2. The largest absolute Gasteiger partial charge is 0.477 e. The van der Waals surface area contributed by atoms with E-state index in [9.17, 15) is 14.9 Å². The maximum Gasteiger partial charge on any atom is 0.342 e. The van der Waals surface area contributed by atoms with Crippen LogP contribution in [-0.2, 0) is 9.47 Å². The number of carboxylic acids is 1. The third-order valence-electron chi connectivity index (χ3n) is 2.51. The van der Waals surface area contributed by atoms with Crippen molar-refractivity contribution in [3.8, 4) is 0 Å². The average Bonchev–Trinajstić information content (AvgIpc) is 2.42. The molecule has 0 aliphatic heterocycles. The zero-order valence-corrected chi connectivity index (χ0v) is 11.0. The summed E-state index contributed by atoms with van der Waals surface area (Å²) >= 11 is 0. The number of anilines is 1. The van der Waals surface area contributed by atoms with Crippen LogP contribution in [0.5, 0.6) is 0 Å². The Morgan fingerprint density at radius 3 is 2.80 bits per heavy atom. The molecule has 0 radical (unpaired) electrons. The summed E-state index contributed by atoms with van der Waals surface area (Å²) in [4.78, 5) is 24.7. The van der Waals surface area contributed by atoms with Crippen LogP contribution in [0.15, 0.2) is 12.3 Å². The molecule has 1 atom stereocenters. The third kappa shape index (κ3) is 4.14. The van der Waals surface area contributed by atoms with Gasteiger partial charge in [0.2, 0.25) is 0 Å². The fraction of sp³-hybridized carbons (Fsp3) is 0.455. The number of carboxylic acid groups (broad SMARTS) is 1. The minimum absolute atomic E-state index is 0.214. The Labute approximate surface area is 114 Å². The first-order valence-corrected chi connectivity index (χ1v) is 5.63. The van der Waals surface area contributed by atoms with E-state index in [1.54, 1.807) is 0 Å². The van der Waals surface area contributed by atoms with Gasteiger partial charge in [-0.3, -0.25) is 10.1 Å². The minimum Gasteiger partial charge on any atom is -0.477 e. The molecule has 9 nitrogen and oxygen atoms in total. The number of ether oxygens (including phenoxy) is 2. The van der Waals surface area contributed by atoms with Crippen LogP contribution in [0.25, 0.3) is 0 Å². The highest BCUT2D eigenvalue weighted by Crippen LogP contribution is 2.20. The first-order chi connectivity index (χ1) is 9.49. The summed E-state index contributed by atoms with van der Waals surface area (Å²) in [5.41, 5.74) is -0.976. The van der Waals surface area contributed by atoms with E-state index in [4.69, 9.17) is 14.6 Å². The first kappa shape index (κ1) is 15.8. The van der Waals surface area contributed by atoms with Gasteiger partial charge in [-0.05, 0) is 0 Å². The SMILES string of the molecule is COCC(CNc1cc(C(=O)O)c([N+](=O)[O-])cn1)OC. The van der Waals surface area contributed by atoms with Crippen molar-refractivity contribution < 1.29 is 24.3 Å². The Kier molecular flexibility index (Phi) is 5.81. The van der Waals surface area contributed by atoms with Crippen LogP contribution < -0.4 is 5.32 Å². The molecular weight excluding hydrogens is 270 g/mol. The molecule has 110 valence electrons. The zero-order chi connectivity index (χ0) is 15.1. The van der Waals surface area contributed by atoms with E-state index in [2.05, 4.69) is 10.3 Å². The Morgan fingerprint density at radius 1 is 1.60 bits per heavy atom. The predicted octanol–water partition coefficient (Wildman–Crippen LogP) is 0.761. The van der Waals surface area contributed by atoms with Gasteiger partial charge < -0.3 is 19.9 Å². The van der Waals surface area contributed by atoms with Gasteiger partial charge in [0.25, 0.3) is 0 Å². The maximum absolute atomic E-state index is 11.0. The smallest absolute Gasteiger partial charge is 0.342 e. The van der Waals surface area contributed by atoms with Gasteiger partial charge in [0.05, 0.1) is 17.6 Å². The number of pyridine rings is 1. The van der Waals surface area contributed by atoms with Crippen molar-refractivity contribution in [3.63, 3.8) is 0 Å². The number of carbonyl (C=O) groups is 1. The molecule has 0 saturated carbocycles. The molecule has 1 aromatic rings. The van der Waals surface area contributed by atoms with Crippen LogP contribution in [0, 0.1) is 10.1 Å². The molecule has 0 aliphatic carbocycles. The molecule has 0 bridgehead atoms. The quantitative estimate of drug-likeness (QED) is 0.530. The Morgan fingerprint density at radius 2 is 2.30 bits per heavy atom. The van der Waals surface area contributed by atoms with Crippen molar-refractivity contribution in [2.45, 2.75) is 6.10 Å². The number of nitro groups is 1. The van der Waals surface area contributed by atoms with Crippen LogP contribution in [0.1, 0.15) is 10.4 Å². The fourth-order valence-electron chi connectivity index (χ4n) is 1.48. The van der Waals surface area contributed by atoms with Crippen molar-refractivity contribution in [1.82, 2.24) is 4.98 Å².